The second-order valence-corrected chi connectivity index (χ2v) is 6.05. The first-order chi connectivity index (χ1) is 12.8. The molecule has 1 heterocycles. The van der Waals surface area contributed by atoms with Crippen molar-refractivity contribution in [3.63, 3.8) is 0 Å². The van der Waals surface area contributed by atoms with Crippen molar-refractivity contribution < 1.29 is 27.5 Å². The maximum absolute atomic E-state index is 12.5. The molecule has 0 unspecified atom stereocenters. The SMILES string of the molecule is O=C(COc1ccc(N2CCCC2=O)cc1)Nc1ccc(C(F)(F)F)cc1. The summed E-state index contributed by atoms with van der Waals surface area (Å²) in [6, 6.07) is 11.0. The number of halogens is 3. The predicted octanol–water partition coefficient (Wildman–Crippen LogP) is 3.85. The van der Waals surface area contributed by atoms with Gasteiger partial charge in [-0.1, -0.05) is 0 Å². The number of rotatable bonds is 5. The van der Waals surface area contributed by atoms with E-state index in [1.165, 1.54) is 12.1 Å². The number of carbonyl (C=O) groups excluding carboxylic acids is 2. The molecule has 1 saturated heterocycles. The van der Waals surface area contributed by atoms with Crippen LogP contribution in [0.15, 0.2) is 48.5 Å². The van der Waals surface area contributed by atoms with E-state index in [1.54, 1.807) is 29.2 Å². The largest absolute Gasteiger partial charge is 0.484 e. The Kier molecular flexibility index (Phi) is 5.34. The molecule has 3 rings (SSSR count). The molecule has 8 heteroatoms. The smallest absolute Gasteiger partial charge is 0.416 e. The highest BCUT2D eigenvalue weighted by atomic mass is 19.4. The zero-order chi connectivity index (χ0) is 19.4. The van der Waals surface area contributed by atoms with E-state index >= 15 is 0 Å². The molecule has 1 aliphatic rings. The molecule has 0 atom stereocenters. The van der Waals surface area contributed by atoms with Crippen LogP contribution < -0.4 is 15.0 Å². The van der Waals surface area contributed by atoms with E-state index in [4.69, 9.17) is 4.74 Å². The van der Waals surface area contributed by atoms with Gasteiger partial charge in [0, 0.05) is 24.3 Å². The molecule has 27 heavy (non-hydrogen) atoms. The molecule has 0 bridgehead atoms. The molecular formula is C19H17F3N2O3. The van der Waals surface area contributed by atoms with Crippen LogP contribution in [0.3, 0.4) is 0 Å². The van der Waals surface area contributed by atoms with E-state index < -0.39 is 17.6 Å². The van der Waals surface area contributed by atoms with Crippen LogP contribution in [0.1, 0.15) is 18.4 Å². The van der Waals surface area contributed by atoms with Gasteiger partial charge in [0.1, 0.15) is 5.75 Å². The number of alkyl halides is 3. The van der Waals surface area contributed by atoms with Gasteiger partial charge >= 0.3 is 6.18 Å². The summed E-state index contributed by atoms with van der Waals surface area (Å²) in [6.07, 6.45) is -3.04. The Balaban J connectivity index is 1.51. The molecule has 1 fully saturated rings. The number of nitrogens with zero attached hydrogens (tertiary/aromatic N) is 1. The zero-order valence-electron chi connectivity index (χ0n) is 14.3. The van der Waals surface area contributed by atoms with Crippen molar-refractivity contribution in [1.82, 2.24) is 0 Å². The number of nitrogens with one attached hydrogen (secondary N) is 1. The van der Waals surface area contributed by atoms with E-state index in [0.29, 0.717) is 18.7 Å². The Bertz CT molecular complexity index is 818. The first-order valence-corrected chi connectivity index (χ1v) is 8.33. The van der Waals surface area contributed by atoms with Gasteiger partial charge in [0.05, 0.1) is 5.56 Å². The van der Waals surface area contributed by atoms with Crippen LogP contribution in [0, 0.1) is 0 Å². The lowest BCUT2D eigenvalue weighted by molar-refractivity contribution is -0.137. The molecule has 0 aromatic heterocycles. The maximum atomic E-state index is 12.5. The van der Waals surface area contributed by atoms with Crippen LogP contribution >= 0.6 is 0 Å². The fourth-order valence-electron chi connectivity index (χ4n) is 2.73. The van der Waals surface area contributed by atoms with Crippen LogP contribution in [0.2, 0.25) is 0 Å². The van der Waals surface area contributed by atoms with E-state index in [9.17, 15) is 22.8 Å². The molecule has 2 amide bonds. The number of ether oxygens (including phenoxy) is 1. The molecular weight excluding hydrogens is 361 g/mol. The van der Waals surface area contributed by atoms with E-state index in [2.05, 4.69) is 5.32 Å². The number of hydrogen-bond donors (Lipinski definition) is 1. The fourth-order valence-corrected chi connectivity index (χ4v) is 2.73. The monoisotopic (exact) mass is 378 g/mol. The maximum Gasteiger partial charge on any atom is 0.416 e. The minimum atomic E-state index is -4.42. The minimum absolute atomic E-state index is 0.0830. The molecule has 142 valence electrons. The Labute approximate surface area is 153 Å². The zero-order valence-corrected chi connectivity index (χ0v) is 14.3. The van der Waals surface area contributed by atoms with Gasteiger partial charge in [-0.2, -0.15) is 13.2 Å². The summed E-state index contributed by atoms with van der Waals surface area (Å²) in [7, 11) is 0. The average molecular weight is 378 g/mol. The van der Waals surface area contributed by atoms with Crippen molar-refractivity contribution in [2.45, 2.75) is 19.0 Å². The molecule has 1 N–H and O–H groups in total. The third kappa shape index (κ3) is 4.78. The standard InChI is InChI=1S/C19H17F3N2O3/c20-19(21,22)13-3-5-14(6-4-13)23-17(25)12-27-16-9-7-15(8-10-16)24-11-1-2-18(24)26/h3-10H,1-2,11-12H2,(H,23,25). The number of amides is 2. The predicted molar refractivity (Wildman–Crippen MR) is 93.6 cm³/mol. The van der Waals surface area contributed by atoms with E-state index in [-0.39, 0.29) is 18.2 Å². The van der Waals surface area contributed by atoms with Gasteiger partial charge in [-0.15, -0.1) is 0 Å². The number of hydrogen-bond acceptors (Lipinski definition) is 3. The topological polar surface area (TPSA) is 58.6 Å². The molecule has 2 aromatic rings. The van der Waals surface area contributed by atoms with Crippen LogP contribution in [-0.4, -0.2) is 25.0 Å². The van der Waals surface area contributed by atoms with Crippen LogP contribution in [0.5, 0.6) is 5.75 Å². The normalized spacial score (nSPS) is 14.3. The third-order valence-electron chi connectivity index (χ3n) is 4.09. The quantitative estimate of drug-likeness (QED) is 0.860. The van der Waals surface area contributed by atoms with Gasteiger partial charge in [0.2, 0.25) is 5.91 Å². The molecule has 1 aliphatic heterocycles. The van der Waals surface area contributed by atoms with Crippen molar-refractivity contribution in [3.8, 4) is 5.75 Å². The molecule has 2 aromatic carbocycles. The Morgan fingerprint density at radius 3 is 2.30 bits per heavy atom. The van der Waals surface area contributed by atoms with Crippen molar-refractivity contribution in [2.24, 2.45) is 0 Å². The first kappa shape index (κ1) is 18.8. The van der Waals surface area contributed by atoms with Crippen LogP contribution in [0.4, 0.5) is 24.5 Å². The summed E-state index contributed by atoms with van der Waals surface area (Å²) in [4.78, 5) is 25.3. The Morgan fingerprint density at radius 1 is 1.07 bits per heavy atom. The number of carbonyl (C=O) groups is 2. The molecule has 0 saturated carbocycles. The minimum Gasteiger partial charge on any atom is -0.484 e. The lowest BCUT2D eigenvalue weighted by atomic mass is 10.2. The lowest BCUT2D eigenvalue weighted by Gasteiger charge is -2.16. The number of anilines is 2. The van der Waals surface area contributed by atoms with Crippen molar-refractivity contribution in [3.05, 3.63) is 54.1 Å². The van der Waals surface area contributed by atoms with Gasteiger partial charge in [-0.3, -0.25) is 9.59 Å². The molecule has 0 radical (unpaired) electrons. The average Bonchev–Trinajstić information content (AvgIpc) is 3.06. The highest BCUT2D eigenvalue weighted by molar-refractivity contribution is 5.95. The van der Waals surface area contributed by atoms with Gasteiger partial charge < -0.3 is 15.0 Å². The summed E-state index contributed by atoms with van der Waals surface area (Å²) in [6.45, 7) is 0.400. The van der Waals surface area contributed by atoms with Gasteiger partial charge in [-0.25, -0.2) is 0 Å². The Hall–Kier alpha value is -3.03. The highest BCUT2D eigenvalue weighted by Gasteiger charge is 2.30. The second kappa shape index (κ2) is 7.69. The van der Waals surface area contributed by atoms with Crippen molar-refractivity contribution >= 4 is 23.2 Å². The lowest BCUT2D eigenvalue weighted by Crippen LogP contribution is -2.23. The van der Waals surface area contributed by atoms with Crippen LogP contribution in [0.25, 0.3) is 0 Å². The van der Waals surface area contributed by atoms with Crippen LogP contribution in [-0.2, 0) is 15.8 Å². The van der Waals surface area contributed by atoms with Gasteiger partial charge in [0.15, 0.2) is 6.61 Å². The summed E-state index contributed by atoms with van der Waals surface area (Å²) < 4.78 is 42.9. The van der Waals surface area contributed by atoms with Gasteiger partial charge in [-0.05, 0) is 55.0 Å². The molecule has 0 spiro atoms. The fraction of sp³-hybridized carbons (Fsp3) is 0.263. The van der Waals surface area contributed by atoms with Crippen molar-refractivity contribution in [1.29, 1.82) is 0 Å². The summed E-state index contributed by atoms with van der Waals surface area (Å²) in [5.74, 6) is 0.0427. The van der Waals surface area contributed by atoms with Gasteiger partial charge in [0.25, 0.3) is 5.91 Å². The second-order valence-electron chi connectivity index (χ2n) is 6.05. The third-order valence-corrected chi connectivity index (χ3v) is 4.09. The summed E-state index contributed by atoms with van der Waals surface area (Å²) in [5.41, 5.74) is 0.242. The summed E-state index contributed by atoms with van der Waals surface area (Å²) in [5, 5.41) is 2.47. The highest BCUT2D eigenvalue weighted by Crippen LogP contribution is 2.29. The first-order valence-electron chi connectivity index (χ1n) is 8.33. The van der Waals surface area contributed by atoms with E-state index in [0.717, 1.165) is 24.2 Å². The summed E-state index contributed by atoms with van der Waals surface area (Å²) >= 11 is 0. The molecule has 5 nitrogen and oxygen atoms in total. The molecule has 0 aliphatic carbocycles. The Morgan fingerprint density at radius 2 is 1.74 bits per heavy atom. The van der Waals surface area contributed by atoms with Crippen molar-refractivity contribution in [2.75, 3.05) is 23.4 Å². The number of benzene rings is 2. The van der Waals surface area contributed by atoms with E-state index in [1.807, 2.05) is 0 Å².